The summed E-state index contributed by atoms with van der Waals surface area (Å²) in [6.07, 6.45) is 0. The Kier molecular flexibility index (Phi) is 3.92. The molecule has 1 amide bonds. The van der Waals surface area contributed by atoms with Crippen LogP contribution >= 0.6 is 15.9 Å². The first-order valence-corrected chi connectivity index (χ1v) is 6.00. The topological polar surface area (TPSA) is 76.6 Å². The van der Waals surface area contributed by atoms with Gasteiger partial charge in [0.05, 0.1) is 6.07 Å². The highest BCUT2D eigenvalue weighted by molar-refractivity contribution is 9.09. The summed E-state index contributed by atoms with van der Waals surface area (Å²) in [6.45, 7) is 3.74. The maximum atomic E-state index is 12.0. The molecule has 0 aliphatic heterocycles. The summed E-state index contributed by atoms with van der Waals surface area (Å²) in [5.74, 6) is -0.853. The van der Waals surface area contributed by atoms with E-state index in [9.17, 15) is 14.9 Å². The third-order valence-electron chi connectivity index (χ3n) is 2.52. The Morgan fingerprint density at radius 2 is 2.18 bits per heavy atom. The number of alkyl halides is 1. The average Bonchev–Trinajstić information content (AvgIpc) is 2.76. The number of halogens is 1. The van der Waals surface area contributed by atoms with E-state index < -0.39 is 16.3 Å². The average molecular weight is 305 g/mol. The third kappa shape index (κ3) is 2.85. The van der Waals surface area contributed by atoms with E-state index >= 15 is 0 Å². The Morgan fingerprint density at radius 3 is 2.59 bits per heavy atom. The van der Waals surface area contributed by atoms with E-state index in [4.69, 9.17) is 4.42 Å². The summed E-state index contributed by atoms with van der Waals surface area (Å²) in [7, 11) is 1.62. The maximum Gasteiger partial charge on any atom is 0.433 e. The quantitative estimate of drug-likeness (QED) is 0.486. The van der Waals surface area contributed by atoms with Crippen LogP contribution in [-0.2, 0) is 0 Å². The van der Waals surface area contributed by atoms with Crippen LogP contribution in [-0.4, -0.2) is 33.6 Å². The minimum Gasteiger partial charge on any atom is -0.395 e. The van der Waals surface area contributed by atoms with Gasteiger partial charge in [-0.25, -0.2) is 0 Å². The molecule has 17 heavy (non-hydrogen) atoms. The van der Waals surface area contributed by atoms with Crippen molar-refractivity contribution in [1.82, 2.24) is 4.90 Å². The molecule has 1 rings (SSSR count). The maximum absolute atomic E-state index is 12.0. The van der Waals surface area contributed by atoms with E-state index in [2.05, 4.69) is 15.9 Å². The molecule has 0 aliphatic carbocycles. The zero-order chi connectivity index (χ0) is 13.2. The summed E-state index contributed by atoms with van der Waals surface area (Å²) in [5.41, 5.74) is -0.404. The van der Waals surface area contributed by atoms with Gasteiger partial charge >= 0.3 is 5.88 Å². The van der Waals surface area contributed by atoms with E-state index in [0.29, 0.717) is 5.33 Å². The van der Waals surface area contributed by atoms with Crippen molar-refractivity contribution in [2.24, 2.45) is 0 Å². The van der Waals surface area contributed by atoms with E-state index in [1.807, 2.05) is 13.8 Å². The van der Waals surface area contributed by atoms with Crippen LogP contribution in [0.4, 0.5) is 5.88 Å². The molecule has 0 aromatic carbocycles. The Hall–Kier alpha value is -1.37. The van der Waals surface area contributed by atoms with Gasteiger partial charge in [0.2, 0.25) is 0 Å². The fourth-order valence-corrected chi connectivity index (χ4v) is 1.45. The van der Waals surface area contributed by atoms with Crippen LogP contribution in [0.3, 0.4) is 0 Å². The van der Waals surface area contributed by atoms with Gasteiger partial charge in [-0.1, -0.05) is 15.9 Å². The highest BCUT2D eigenvalue weighted by Crippen LogP contribution is 2.21. The van der Waals surface area contributed by atoms with Crippen molar-refractivity contribution in [2.75, 3.05) is 12.4 Å². The van der Waals surface area contributed by atoms with Crippen molar-refractivity contribution in [3.05, 3.63) is 28.0 Å². The van der Waals surface area contributed by atoms with Crippen LogP contribution < -0.4 is 0 Å². The van der Waals surface area contributed by atoms with Crippen LogP contribution in [0.15, 0.2) is 16.5 Å². The van der Waals surface area contributed by atoms with E-state index in [1.54, 1.807) is 7.05 Å². The van der Waals surface area contributed by atoms with E-state index in [-0.39, 0.29) is 11.7 Å². The standard InChI is InChI=1S/C10H13BrN2O4/c1-10(2,6-11)12(3)9(14)7-4-5-8(17-7)13(15)16/h4-5H,6H2,1-3H3. The van der Waals surface area contributed by atoms with Gasteiger partial charge in [-0.2, -0.15) is 0 Å². The molecule has 94 valence electrons. The van der Waals surface area contributed by atoms with Crippen LogP contribution in [0, 0.1) is 10.1 Å². The first kappa shape index (κ1) is 13.7. The SMILES string of the molecule is CN(C(=O)c1ccc([N+](=O)[O-])o1)C(C)(C)CBr. The Morgan fingerprint density at radius 1 is 1.59 bits per heavy atom. The Labute approximate surface area is 107 Å². The van der Waals surface area contributed by atoms with Crippen LogP contribution in [0.5, 0.6) is 0 Å². The minimum absolute atomic E-state index is 0.0341. The number of rotatable bonds is 4. The van der Waals surface area contributed by atoms with Gasteiger partial charge in [-0.15, -0.1) is 0 Å². The van der Waals surface area contributed by atoms with Gasteiger partial charge in [0, 0.05) is 17.9 Å². The van der Waals surface area contributed by atoms with Crippen LogP contribution in [0.25, 0.3) is 0 Å². The lowest BCUT2D eigenvalue weighted by molar-refractivity contribution is -0.402. The summed E-state index contributed by atoms with van der Waals surface area (Å²) in [5, 5.41) is 11.0. The van der Waals surface area contributed by atoms with E-state index in [1.165, 1.54) is 17.0 Å². The molecule has 0 unspecified atom stereocenters. The van der Waals surface area contributed by atoms with Gasteiger partial charge in [0.15, 0.2) is 5.76 Å². The Bertz CT molecular complexity index is 441. The highest BCUT2D eigenvalue weighted by Gasteiger charge is 2.29. The number of nitrogens with zero attached hydrogens (tertiary/aromatic N) is 2. The molecule has 0 spiro atoms. The minimum atomic E-state index is -0.674. The van der Waals surface area contributed by atoms with Gasteiger partial charge in [-0.05, 0) is 19.9 Å². The number of nitro groups is 1. The molecule has 0 bridgehead atoms. The molecule has 0 aliphatic rings. The normalized spacial score (nSPS) is 11.3. The van der Waals surface area contributed by atoms with Gasteiger partial charge < -0.3 is 9.32 Å². The van der Waals surface area contributed by atoms with Crippen molar-refractivity contribution in [2.45, 2.75) is 19.4 Å². The molecule has 0 fully saturated rings. The lowest BCUT2D eigenvalue weighted by Gasteiger charge is -2.33. The highest BCUT2D eigenvalue weighted by atomic mass is 79.9. The second kappa shape index (κ2) is 4.87. The van der Waals surface area contributed by atoms with Crippen LogP contribution in [0.2, 0.25) is 0 Å². The molecule has 0 N–H and O–H groups in total. The predicted molar refractivity (Wildman–Crippen MR) is 65.3 cm³/mol. The summed E-state index contributed by atoms with van der Waals surface area (Å²) < 4.78 is 4.86. The Balaban J connectivity index is 2.93. The van der Waals surface area contributed by atoms with Crippen molar-refractivity contribution in [3.63, 3.8) is 0 Å². The zero-order valence-electron chi connectivity index (χ0n) is 9.77. The van der Waals surface area contributed by atoms with Crippen molar-refractivity contribution < 1.29 is 14.1 Å². The molecule has 7 heteroatoms. The molecule has 0 saturated heterocycles. The fraction of sp³-hybridized carbons (Fsp3) is 0.500. The molecule has 0 atom stereocenters. The van der Waals surface area contributed by atoms with Gasteiger partial charge in [0.25, 0.3) is 5.91 Å². The predicted octanol–water partition coefficient (Wildman–Crippen LogP) is 2.43. The largest absolute Gasteiger partial charge is 0.433 e. The number of hydrogen-bond acceptors (Lipinski definition) is 4. The molecule has 1 aromatic heterocycles. The zero-order valence-corrected chi connectivity index (χ0v) is 11.4. The summed E-state index contributed by atoms with van der Waals surface area (Å²) >= 11 is 3.31. The van der Waals surface area contributed by atoms with Crippen LogP contribution in [0.1, 0.15) is 24.4 Å². The smallest absolute Gasteiger partial charge is 0.395 e. The van der Waals surface area contributed by atoms with E-state index in [0.717, 1.165) is 0 Å². The molecular weight excluding hydrogens is 292 g/mol. The van der Waals surface area contributed by atoms with Gasteiger partial charge in [0.1, 0.15) is 4.92 Å². The third-order valence-corrected chi connectivity index (χ3v) is 3.89. The second-order valence-corrected chi connectivity index (χ2v) is 4.77. The number of hydrogen-bond donors (Lipinski definition) is 0. The fourth-order valence-electron chi connectivity index (χ4n) is 1.07. The summed E-state index contributed by atoms with van der Waals surface area (Å²) in [4.78, 5) is 23.2. The van der Waals surface area contributed by atoms with Crippen molar-refractivity contribution in [1.29, 1.82) is 0 Å². The summed E-state index contributed by atoms with van der Waals surface area (Å²) in [6, 6.07) is 2.48. The number of carbonyl (C=O) groups is 1. The van der Waals surface area contributed by atoms with Gasteiger partial charge in [-0.3, -0.25) is 14.9 Å². The molecule has 0 saturated carbocycles. The lowest BCUT2D eigenvalue weighted by atomic mass is 10.1. The number of amides is 1. The number of furan rings is 1. The first-order chi connectivity index (χ1) is 7.79. The lowest BCUT2D eigenvalue weighted by Crippen LogP contribution is -2.46. The second-order valence-electron chi connectivity index (χ2n) is 4.21. The van der Waals surface area contributed by atoms with Crippen molar-refractivity contribution in [3.8, 4) is 0 Å². The number of carbonyl (C=O) groups excluding carboxylic acids is 1. The first-order valence-electron chi connectivity index (χ1n) is 4.88. The molecule has 0 radical (unpaired) electrons. The monoisotopic (exact) mass is 304 g/mol. The molecule has 6 nitrogen and oxygen atoms in total. The molecule has 1 heterocycles. The van der Waals surface area contributed by atoms with Crippen molar-refractivity contribution >= 4 is 27.7 Å². The molecular formula is C10H13BrN2O4. The molecule has 1 aromatic rings.